The number of methoxy groups -OCH3 is 1. The van der Waals surface area contributed by atoms with Crippen molar-refractivity contribution in [1.29, 1.82) is 0 Å². The van der Waals surface area contributed by atoms with Gasteiger partial charge in [0.2, 0.25) is 0 Å². The summed E-state index contributed by atoms with van der Waals surface area (Å²) < 4.78 is 7.95. The van der Waals surface area contributed by atoms with Crippen LogP contribution in [0, 0.1) is 0 Å². The molecule has 1 aliphatic heterocycles. The third-order valence-electron chi connectivity index (χ3n) is 5.04. The van der Waals surface area contributed by atoms with E-state index in [-0.39, 0.29) is 0 Å². The van der Waals surface area contributed by atoms with Crippen molar-refractivity contribution in [3.05, 3.63) is 59.5 Å². The molecule has 24 heavy (non-hydrogen) atoms. The number of fused-ring (bicyclic) bond motifs is 3. The van der Waals surface area contributed by atoms with E-state index in [4.69, 9.17) is 4.74 Å². The number of aromatic nitrogens is 2. The fourth-order valence-corrected chi connectivity index (χ4v) is 3.85. The Morgan fingerprint density at radius 1 is 1.25 bits per heavy atom. The molecule has 0 amide bonds. The minimum Gasteiger partial charge on any atom is -0.497 e. The molecule has 0 fully saturated rings. The molecule has 4 heteroatoms. The smallest absolute Gasteiger partial charge is 0.119 e. The fraction of sp³-hybridized carbons (Fsp3) is 0.350. The number of rotatable bonds is 4. The fourth-order valence-electron chi connectivity index (χ4n) is 3.85. The highest BCUT2D eigenvalue weighted by Gasteiger charge is 2.24. The van der Waals surface area contributed by atoms with E-state index >= 15 is 0 Å². The maximum Gasteiger partial charge on any atom is 0.119 e. The highest BCUT2D eigenvalue weighted by Crippen LogP contribution is 2.35. The van der Waals surface area contributed by atoms with Crippen LogP contribution >= 0.6 is 0 Å². The van der Waals surface area contributed by atoms with Gasteiger partial charge in [0.15, 0.2) is 0 Å². The van der Waals surface area contributed by atoms with Gasteiger partial charge in [-0.1, -0.05) is 0 Å². The van der Waals surface area contributed by atoms with Crippen LogP contribution in [0.1, 0.15) is 29.8 Å². The van der Waals surface area contributed by atoms with E-state index in [1.54, 1.807) is 7.11 Å². The van der Waals surface area contributed by atoms with Gasteiger partial charge in [0, 0.05) is 54.5 Å². The van der Waals surface area contributed by atoms with Crippen LogP contribution in [0.25, 0.3) is 10.9 Å². The molecule has 0 saturated carbocycles. The Kier molecular flexibility index (Phi) is 3.98. The van der Waals surface area contributed by atoms with E-state index in [1.165, 1.54) is 27.7 Å². The Labute approximate surface area is 142 Å². The van der Waals surface area contributed by atoms with Gasteiger partial charge in [-0.05, 0) is 54.8 Å². The lowest BCUT2D eigenvalue weighted by Crippen LogP contribution is -2.28. The summed E-state index contributed by atoms with van der Waals surface area (Å²) in [5.74, 6) is 0.925. The predicted octanol–water partition coefficient (Wildman–Crippen LogP) is 3.49. The number of hydrogen-bond acceptors (Lipinski definition) is 3. The Morgan fingerprint density at radius 3 is 2.88 bits per heavy atom. The first-order valence-electron chi connectivity index (χ1n) is 8.59. The third kappa shape index (κ3) is 2.57. The van der Waals surface area contributed by atoms with Crippen LogP contribution in [0.2, 0.25) is 0 Å². The van der Waals surface area contributed by atoms with Crippen molar-refractivity contribution in [3.63, 3.8) is 0 Å². The molecule has 0 saturated heterocycles. The van der Waals surface area contributed by atoms with Crippen LogP contribution in [0.15, 0.2) is 42.7 Å². The summed E-state index contributed by atoms with van der Waals surface area (Å²) >= 11 is 0. The van der Waals surface area contributed by atoms with Crippen molar-refractivity contribution in [2.75, 3.05) is 13.7 Å². The van der Waals surface area contributed by atoms with Gasteiger partial charge in [-0.3, -0.25) is 4.98 Å². The van der Waals surface area contributed by atoms with Gasteiger partial charge in [-0.25, -0.2) is 0 Å². The second-order valence-corrected chi connectivity index (χ2v) is 6.43. The second kappa shape index (κ2) is 6.29. The van der Waals surface area contributed by atoms with E-state index in [1.807, 2.05) is 12.4 Å². The molecule has 0 bridgehead atoms. The molecule has 3 aromatic rings. The van der Waals surface area contributed by atoms with Crippen molar-refractivity contribution >= 4 is 10.9 Å². The number of ether oxygens (including phenoxy) is 1. The summed E-state index contributed by atoms with van der Waals surface area (Å²) in [6.45, 7) is 4.29. The Balaban J connectivity index is 1.79. The molecule has 4 nitrogen and oxygen atoms in total. The first-order valence-corrected chi connectivity index (χ1v) is 8.59. The van der Waals surface area contributed by atoms with Crippen LogP contribution in [0.3, 0.4) is 0 Å². The molecule has 1 atom stereocenters. The maximum atomic E-state index is 5.45. The summed E-state index contributed by atoms with van der Waals surface area (Å²) in [5.41, 5.74) is 5.55. The lowest BCUT2D eigenvalue weighted by atomic mass is 9.99. The number of nitrogens with one attached hydrogen (secondary N) is 1. The van der Waals surface area contributed by atoms with Gasteiger partial charge < -0.3 is 14.6 Å². The van der Waals surface area contributed by atoms with E-state index in [0.717, 1.165) is 31.7 Å². The average molecular weight is 321 g/mol. The third-order valence-corrected chi connectivity index (χ3v) is 5.04. The highest BCUT2D eigenvalue weighted by molar-refractivity contribution is 5.87. The average Bonchev–Trinajstić information content (AvgIpc) is 2.95. The molecule has 124 valence electrons. The molecule has 1 aromatic carbocycles. The zero-order valence-corrected chi connectivity index (χ0v) is 14.2. The summed E-state index contributed by atoms with van der Waals surface area (Å²) in [5, 5.41) is 4.91. The Bertz CT molecular complexity index is 854. The number of hydrogen-bond donors (Lipinski definition) is 1. The summed E-state index contributed by atoms with van der Waals surface area (Å²) in [6, 6.07) is 11.0. The van der Waals surface area contributed by atoms with Crippen LogP contribution < -0.4 is 10.1 Å². The molecule has 3 heterocycles. The molecule has 1 N–H and O–H groups in total. The van der Waals surface area contributed by atoms with E-state index in [0.29, 0.717) is 6.04 Å². The minimum absolute atomic E-state index is 0.380. The monoisotopic (exact) mass is 321 g/mol. The molecule has 2 aromatic heterocycles. The largest absolute Gasteiger partial charge is 0.497 e. The van der Waals surface area contributed by atoms with Crippen molar-refractivity contribution in [2.45, 2.75) is 32.4 Å². The predicted molar refractivity (Wildman–Crippen MR) is 96.6 cm³/mol. The van der Waals surface area contributed by atoms with Crippen molar-refractivity contribution < 1.29 is 4.74 Å². The van der Waals surface area contributed by atoms with Gasteiger partial charge in [0.05, 0.1) is 7.11 Å². The number of aryl methyl sites for hydroxylation is 2. The van der Waals surface area contributed by atoms with Gasteiger partial charge in [-0.15, -0.1) is 0 Å². The quantitative estimate of drug-likeness (QED) is 0.799. The summed E-state index contributed by atoms with van der Waals surface area (Å²) in [4.78, 5) is 4.11. The van der Waals surface area contributed by atoms with Gasteiger partial charge in [0.25, 0.3) is 0 Å². The molecule has 0 spiro atoms. The molecule has 1 aliphatic rings. The molecule has 1 unspecified atom stereocenters. The van der Waals surface area contributed by atoms with Gasteiger partial charge in [-0.2, -0.15) is 0 Å². The first-order chi connectivity index (χ1) is 11.8. The normalized spacial score (nSPS) is 17.0. The lowest BCUT2D eigenvalue weighted by Gasteiger charge is -2.23. The molecule has 4 rings (SSSR count). The molecule has 0 radical (unpaired) electrons. The van der Waals surface area contributed by atoms with Crippen molar-refractivity contribution in [2.24, 2.45) is 0 Å². The molecule has 0 aliphatic carbocycles. The second-order valence-electron chi connectivity index (χ2n) is 6.43. The molecular formula is C20H23N3O. The van der Waals surface area contributed by atoms with Crippen LogP contribution in [0.5, 0.6) is 5.75 Å². The summed E-state index contributed by atoms with van der Waals surface area (Å²) in [6.07, 6.45) is 5.84. The van der Waals surface area contributed by atoms with Gasteiger partial charge >= 0.3 is 0 Å². The van der Waals surface area contributed by atoms with E-state index in [9.17, 15) is 0 Å². The Hall–Kier alpha value is -2.33. The topological polar surface area (TPSA) is 39.1 Å². The zero-order chi connectivity index (χ0) is 16.5. The number of benzene rings is 1. The van der Waals surface area contributed by atoms with Crippen LogP contribution in [0.4, 0.5) is 0 Å². The standard InChI is InChI=1S/C20H23N3O/c1-14-20-17-13-16(24-2)3-4-18(17)23(19(20)7-11-22-14)12-8-15-5-9-21-10-6-15/h3-6,9-10,13-14,22H,7-8,11-12H2,1-2H3. The first kappa shape index (κ1) is 15.2. The molecular weight excluding hydrogens is 298 g/mol. The number of pyridine rings is 1. The van der Waals surface area contributed by atoms with Crippen molar-refractivity contribution in [1.82, 2.24) is 14.9 Å². The van der Waals surface area contributed by atoms with E-state index in [2.05, 4.69) is 52.1 Å². The maximum absolute atomic E-state index is 5.45. The van der Waals surface area contributed by atoms with Crippen LogP contribution in [-0.4, -0.2) is 23.2 Å². The lowest BCUT2D eigenvalue weighted by molar-refractivity contribution is 0.415. The number of nitrogens with zero attached hydrogens (tertiary/aromatic N) is 2. The zero-order valence-electron chi connectivity index (χ0n) is 14.2. The summed E-state index contributed by atoms with van der Waals surface area (Å²) in [7, 11) is 1.73. The van der Waals surface area contributed by atoms with E-state index < -0.39 is 0 Å². The minimum atomic E-state index is 0.380. The van der Waals surface area contributed by atoms with Crippen LogP contribution in [-0.2, 0) is 19.4 Å². The Morgan fingerprint density at radius 2 is 2.08 bits per heavy atom. The highest BCUT2D eigenvalue weighted by atomic mass is 16.5. The van der Waals surface area contributed by atoms with Gasteiger partial charge in [0.1, 0.15) is 5.75 Å². The van der Waals surface area contributed by atoms with Crippen molar-refractivity contribution in [3.8, 4) is 5.75 Å². The SMILES string of the molecule is COc1ccc2c(c1)c1c(n2CCc2ccncc2)CCNC1C.